The van der Waals surface area contributed by atoms with Gasteiger partial charge in [-0.2, -0.15) is 0 Å². The fraction of sp³-hybridized carbons (Fsp3) is 0.649. The van der Waals surface area contributed by atoms with E-state index in [2.05, 4.69) is 75.3 Å². The summed E-state index contributed by atoms with van der Waals surface area (Å²) in [4.78, 5) is 15.4. The zero-order valence-electron chi connectivity index (χ0n) is 26.7. The predicted molar refractivity (Wildman–Crippen MR) is 171 cm³/mol. The molecule has 0 aromatic heterocycles. The van der Waals surface area contributed by atoms with E-state index in [1.807, 2.05) is 0 Å². The summed E-state index contributed by atoms with van der Waals surface area (Å²) in [5.41, 5.74) is 8.77. The molecular weight excluding hydrogens is 504 g/mol. The molecule has 3 saturated carbocycles. The van der Waals surface area contributed by atoms with Crippen molar-refractivity contribution < 1.29 is 9.53 Å². The number of rotatable bonds is 3. The van der Waals surface area contributed by atoms with Crippen molar-refractivity contribution in [3.63, 3.8) is 0 Å². The first-order valence-corrected chi connectivity index (χ1v) is 16.4. The molecule has 4 nitrogen and oxygen atoms in total. The van der Waals surface area contributed by atoms with Gasteiger partial charge in [-0.25, -0.2) is 0 Å². The third-order valence-electron chi connectivity index (χ3n) is 10.8. The second kappa shape index (κ2) is 12.8. The first-order valence-electron chi connectivity index (χ1n) is 16.4. The molecule has 0 radical (unpaired) electrons. The molecule has 3 aliphatic carbocycles. The first kappa shape index (κ1) is 30.0. The van der Waals surface area contributed by atoms with Crippen molar-refractivity contribution in [3.8, 4) is 5.75 Å². The minimum absolute atomic E-state index is 0.225. The molecule has 1 amide bonds. The summed E-state index contributed by atoms with van der Waals surface area (Å²) in [5.74, 6) is 2.92. The molecule has 1 aliphatic heterocycles. The minimum atomic E-state index is 0.225. The number of carbonyl (C=O) groups is 1. The molecule has 1 heterocycles. The quantitative estimate of drug-likeness (QED) is 0.403. The molecule has 2 bridgehead atoms. The normalized spacial score (nSPS) is 31.7. The summed E-state index contributed by atoms with van der Waals surface area (Å²) < 4.78 is 5.88. The molecule has 4 aliphatic rings. The Labute approximate surface area is 249 Å². The largest absolute Gasteiger partial charge is 0.496 e. The Kier molecular flexibility index (Phi) is 9.36. The third-order valence-corrected chi connectivity index (χ3v) is 10.8. The van der Waals surface area contributed by atoms with Gasteiger partial charge in [0.1, 0.15) is 5.75 Å². The van der Waals surface area contributed by atoms with E-state index in [1.54, 1.807) is 18.4 Å². The summed E-state index contributed by atoms with van der Waals surface area (Å²) in [6, 6.07) is 4.83. The number of carbonyl (C=O) groups excluding carboxylic acids is 1. The maximum atomic E-state index is 12.9. The summed E-state index contributed by atoms with van der Waals surface area (Å²) in [6.07, 6.45) is 21.7. The second-order valence-electron chi connectivity index (χ2n) is 14.2. The zero-order chi connectivity index (χ0) is 29.1. The molecule has 4 atom stereocenters. The van der Waals surface area contributed by atoms with Crippen LogP contribution >= 0.6 is 0 Å². The lowest BCUT2D eigenvalue weighted by Crippen LogP contribution is -2.41. The van der Waals surface area contributed by atoms with Crippen LogP contribution in [0, 0.1) is 30.1 Å². The first-order chi connectivity index (χ1) is 19.7. The van der Waals surface area contributed by atoms with E-state index >= 15 is 0 Å². The van der Waals surface area contributed by atoms with Gasteiger partial charge in [0.2, 0.25) is 5.91 Å². The van der Waals surface area contributed by atoms with Gasteiger partial charge in [0.05, 0.1) is 7.11 Å². The number of hydrogen-bond donors (Lipinski definition) is 1. The zero-order valence-corrected chi connectivity index (χ0v) is 26.7. The topological polar surface area (TPSA) is 41.6 Å². The Hall–Kier alpha value is -2.49. The van der Waals surface area contributed by atoms with Gasteiger partial charge in [-0.05, 0) is 126 Å². The molecular formula is C37H54N2O2. The molecule has 224 valence electrons. The Morgan fingerprint density at radius 1 is 1.10 bits per heavy atom. The van der Waals surface area contributed by atoms with Gasteiger partial charge in [-0.3, -0.25) is 4.79 Å². The molecule has 4 unspecified atom stereocenters. The molecule has 1 aromatic rings. The van der Waals surface area contributed by atoms with E-state index in [4.69, 9.17) is 4.74 Å². The smallest absolute Gasteiger partial charge is 0.223 e. The van der Waals surface area contributed by atoms with E-state index in [9.17, 15) is 4.79 Å². The average Bonchev–Trinajstić information content (AvgIpc) is 3.50. The van der Waals surface area contributed by atoms with Gasteiger partial charge in [0.25, 0.3) is 0 Å². The van der Waals surface area contributed by atoms with Gasteiger partial charge in [-0.1, -0.05) is 49.6 Å². The van der Waals surface area contributed by atoms with Crippen molar-refractivity contribution in [1.29, 1.82) is 0 Å². The van der Waals surface area contributed by atoms with Crippen LogP contribution in [0.2, 0.25) is 0 Å². The lowest BCUT2D eigenvalue weighted by Gasteiger charge is -2.33. The number of fused-ring (bicyclic) bond motifs is 3. The van der Waals surface area contributed by atoms with Crippen LogP contribution < -0.4 is 15.0 Å². The van der Waals surface area contributed by atoms with Crippen molar-refractivity contribution >= 4 is 11.6 Å². The number of allylic oxidation sites excluding steroid dienone is 5. The Balaban J connectivity index is 1.42. The molecule has 41 heavy (non-hydrogen) atoms. The van der Waals surface area contributed by atoms with Crippen molar-refractivity contribution in [1.82, 2.24) is 5.32 Å². The maximum Gasteiger partial charge on any atom is 0.223 e. The summed E-state index contributed by atoms with van der Waals surface area (Å²) >= 11 is 0. The Morgan fingerprint density at radius 3 is 2.54 bits per heavy atom. The third kappa shape index (κ3) is 7.12. The number of benzene rings is 1. The molecule has 1 aromatic carbocycles. The maximum absolute atomic E-state index is 12.9. The fourth-order valence-electron chi connectivity index (χ4n) is 7.47. The van der Waals surface area contributed by atoms with Crippen molar-refractivity contribution in [2.45, 2.75) is 117 Å². The van der Waals surface area contributed by atoms with Crippen molar-refractivity contribution in [3.05, 3.63) is 58.3 Å². The predicted octanol–water partition coefficient (Wildman–Crippen LogP) is 8.83. The van der Waals surface area contributed by atoms with E-state index in [-0.39, 0.29) is 17.9 Å². The summed E-state index contributed by atoms with van der Waals surface area (Å²) in [5, 5.41) is 3.45. The highest BCUT2D eigenvalue weighted by atomic mass is 16.5. The van der Waals surface area contributed by atoms with Crippen LogP contribution in [0.1, 0.15) is 109 Å². The van der Waals surface area contributed by atoms with Crippen LogP contribution in [0.4, 0.5) is 5.69 Å². The lowest BCUT2D eigenvalue weighted by atomic mass is 9.84. The van der Waals surface area contributed by atoms with E-state index in [1.165, 1.54) is 67.3 Å². The molecule has 4 heteroatoms. The number of anilines is 1. The second-order valence-corrected chi connectivity index (χ2v) is 14.2. The van der Waals surface area contributed by atoms with E-state index in [0.29, 0.717) is 11.3 Å². The van der Waals surface area contributed by atoms with Crippen LogP contribution in [0.3, 0.4) is 0 Å². The summed E-state index contributed by atoms with van der Waals surface area (Å²) in [6.45, 7) is 9.36. The van der Waals surface area contributed by atoms with Gasteiger partial charge >= 0.3 is 0 Å². The standard InChI is InChI=1S/C37H54N2O2/c1-25-11-7-8-16-32(38-36(40)30-14-10-15-30)21-26(2)20-31-24-37(31,4)18-17-33(29-12-9-13-29)39(5)34-22-28(19-25)23-35(41-6)27(34)3/h7-8,11,22-23,26,30-32H,9-10,12-21,24H2,1-6H3,(H,38,40)/b8-7+,25-11+. The number of ether oxygens (including phenoxy) is 1. The highest BCUT2D eigenvalue weighted by Gasteiger charge is 2.49. The molecule has 3 fully saturated rings. The van der Waals surface area contributed by atoms with Gasteiger partial charge in [-0.15, -0.1) is 0 Å². The highest BCUT2D eigenvalue weighted by Crippen LogP contribution is 2.59. The number of hydrogen-bond acceptors (Lipinski definition) is 3. The Morgan fingerprint density at radius 2 is 1.88 bits per heavy atom. The molecule has 0 spiro atoms. The number of methoxy groups -OCH3 is 1. The molecule has 0 saturated heterocycles. The van der Waals surface area contributed by atoms with Gasteiger partial charge in [0, 0.05) is 36.0 Å². The van der Waals surface area contributed by atoms with E-state index < -0.39 is 0 Å². The van der Waals surface area contributed by atoms with E-state index in [0.717, 1.165) is 50.2 Å². The molecule has 1 N–H and O–H groups in total. The van der Waals surface area contributed by atoms with Crippen molar-refractivity contribution in [2.75, 3.05) is 19.1 Å². The van der Waals surface area contributed by atoms with Crippen molar-refractivity contribution in [2.24, 2.45) is 23.2 Å². The lowest BCUT2D eigenvalue weighted by molar-refractivity contribution is -0.128. The van der Waals surface area contributed by atoms with Crippen LogP contribution in [0.15, 0.2) is 47.2 Å². The molecule has 5 rings (SSSR count). The summed E-state index contributed by atoms with van der Waals surface area (Å²) in [7, 11) is 4.08. The fourth-order valence-corrected chi connectivity index (χ4v) is 7.47. The average molecular weight is 559 g/mol. The van der Waals surface area contributed by atoms with Gasteiger partial charge < -0.3 is 15.0 Å². The van der Waals surface area contributed by atoms with Crippen LogP contribution in [-0.2, 0) is 11.2 Å². The van der Waals surface area contributed by atoms with Crippen LogP contribution in [0.25, 0.3) is 0 Å². The van der Waals surface area contributed by atoms with Crippen LogP contribution in [-0.4, -0.2) is 26.1 Å². The van der Waals surface area contributed by atoms with Crippen LogP contribution in [0.5, 0.6) is 5.75 Å². The number of nitrogens with zero attached hydrogens (tertiary/aromatic N) is 1. The minimum Gasteiger partial charge on any atom is -0.496 e. The monoisotopic (exact) mass is 558 g/mol. The Bertz CT molecular complexity index is 1200. The number of amides is 1. The highest BCUT2D eigenvalue weighted by molar-refractivity contribution is 5.79. The van der Waals surface area contributed by atoms with Gasteiger partial charge in [0.15, 0.2) is 0 Å². The number of nitrogens with one attached hydrogen (secondary N) is 1. The SMILES string of the molecule is COc1cc2cc(c1C)N(C)C(=C1CCC1)CCC1(C)CC1CC(C)CC(NC(=O)C1CCC1)C/C=C/C=C(\C)C2.